The predicted octanol–water partition coefficient (Wildman–Crippen LogP) is 4.74. The van der Waals surface area contributed by atoms with E-state index in [0.29, 0.717) is 17.9 Å². The van der Waals surface area contributed by atoms with E-state index in [-0.39, 0.29) is 17.0 Å². The summed E-state index contributed by atoms with van der Waals surface area (Å²) in [6.45, 7) is 3.53. The van der Waals surface area contributed by atoms with E-state index in [2.05, 4.69) is 10.4 Å². The quantitative estimate of drug-likeness (QED) is 0.481. The van der Waals surface area contributed by atoms with Gasteiger partial charge in [0.25, 0.3) is 5.56 Å². The third-order valence-corrected chi connectivity index (χ3v) is 5.01. The van der Waals surface area contributed by atoms with Crippen molar-refractivity contribution in [1.82, 2.24) is 9.78 Å². The maximum atomic E-state index is 13.6. The number of nitrogens with one attached hydrogen (secondary N) is 1. The van der Waals surface area contributed by atoms with Crippen molar-refractivity contribution in [3.05, 3.63) is 70.3 Å². The van der Waals surface area contributed by atoms with Crippen molar-refractivity contribution in [1.29, 1.82) is 0 Å². The van der Waals surface area contributed by atoms with Gasteiger partial charge in [-0.05, 0) is 50.4 Å². The van der Waals surface area contributed by atoms with Crippen molar-refractivity contribution in [2.24, 2.45) is 0 Å². The van der Waals surface area contributed by atoms with Crippen LogP contribution in [0.4, 0.5) is 15.8 Å². The molecule has 0 amide bonds. The second-order valence-corrected chi connectivity index (χ2v) is 7.02. The topological polar surface area (TPSA) is 64.0 Å². The maximum Gasteiger partial charge on any atom is 0.291 e. The number of rotatable bonds is 6. The van der Waals surface area contributed by atoms with Crippen LogP contribution < -0.4 is 10.9 Å². The largest absolute Gasteiger partial charge is 0.350 e. The average Bonchev–Trinajstić information content (AvgIpc) is 2.69. The van der Waals surface area contributed by atoms with Crippen molar-refractivity contribution >= 4 is 28.9 Å². The summed E-state index contributed by atoms with van der Waals surface area (Å²) >= 11 is 1.61. The number of halogens is 1. The summed E-state index contributed by atoms with van der Waals surface area (Å²) in [4.78, 5) is 26.5. The van der Waals surface area contributed by atoms with Crippen LogP contribution in [-0.2, 0) is 6.54 Å². The molecule has 0 atom stereocenters. The van der Waals surface area contributed by atoms with Gasteiger partial charge in [0.15, 0.2) is 5.78 Å². The van der Waals surface area contributed by atoms with E-state index in [1.165, 1.54) is 29.8 Å². The minimum atomic E-state index is -0.438. The molecule has 0 aliphatic carbocycles. The number of carbonyl (C=O) groups excluding carboxylic acids is 1. The van der Waals surface area contributed by atoms with Crippen LogP contribution in [0.1, 0.15) is 24.2 Å². The van der Waals surface area contributed by atoms with Crippen molar-refractivity contribution in [2.45, 2.75) is 25.3 Å². The minimum Gasteiger partial charge on any atom is -0.350 e. The number of anilines is 2. The van der Waals surface area contributed by atoms with E-state index in [1.54, 1.807) is 24.8 Å². The molecule has 0 fully saturated rings. The molecule has 3 aromatic rings. The zero-order valence-electron chi connectivity index (χ0n) is 15.8. The second-order valence-electron chi connectivity index (χ2n) is 6.14. The standard InChI is InChI=1S/C21H20FN3O2S/c1-4-25-21(27)20(23-16-7-5-6-15(22)12-16)18(13(2)26)19(24-25)14-8-10-17(28-3)11-9-14/h5-12,23H,4H2,1-3H3. The fourth-order valence-electron chi connectivity index (χ4n) is 2.91. The molecule has 1 aromatic heterocycles. The monoisotopic (exact) mass is 397 g/mol. The molecule has 28 heavy (non-hydrogen) atoms. The van der Waals surface area contributed by atoms with Gasteiger partial charge in [0, 0.05) is 22.7 Å². The van der Waals surface area contributed by atoms with Crippen molar-refractivity contribution in [3.63, 3.8) is 0 Å². The van der Waals surface area contributed by atoms with Crippen LogP contribution >= 0.6 is 11.8 Å². The molecule has 0 unspecified atom stereocenters. The Hall–Kier alpha value is -2.93. The number of thioether (sulfide) groups is 1. The number of nitrogens with zero attached hydrogens (tertiary/aromatic N) is 2. The molecule has 0 radical (unpaired) electrons. The van der Waals surface area contributed by atoms with Crippen molar-refractivity contribution < 1.29 is 9.18 Å². The molecule has 0 bridgehead atoms. The highest BCUT2D eigenvalue weighted by molar-refractivity contribution is 7.98. The third-order valence-electron chi connectivity index (χ3n) is 4.26. The van der Waals surface area contributed by atoms with E-state index >= 15 is 0 Å². The van der Waals surface area contributed by atoms with Gasteiger partial charge in [-0.1, -0.05) is 18.2 Å². The van der Waals surface area contributed by atoms with Gasteiger partial charge >= 0.3 is 0 Å². The fourth-order valence-corrected chi connectivity index (χ4v) is 3.31. The van der Waals surface area contributed by atoms with Crippen LogP contribution in [0.5, 0.6) is 0 Å². The molecule has 3 rings (SSSR count). The third kappa shape index (κ3) is 3.99. The maximum absolute atomic E-state index is 13.6. The Labute approximate surface area is 166 Å². The Bertz CT molecular complexity index is 1080. The SMILES string of the molecule is CCn1nc(-c2ccc(SC)cc2)c(C(C)=O)c(Nc2cccc(F)c2)c1=O. The molecule has 0 spiro atoms. The number of hydrogen-bond acceptors (Lipinski definition) is 5. The molecule has 7 heteroatoms. The smallest absolute Gasteiger partial charge is 0.291 e. The number of carbonyl (C=O) groups is 1. The summed E-state index contributed by atoms with van der Waals surface area (Å²) < 4.78 is 14.9. The second kappa shape index (κ2) is 8.39. The first-order valence-corrected chi connectivity index (χ1v) is 10.00. The number of benzene rings is 2. The molecular weight excluding hydrogens is 377 g/mol. The Morgan fingerprint density at radius 2 is 1.93 bits per heavy atom. The van der Waals surface area contributed by atoms with Gasteiger partial charge in [-0.25, -0.2) is 9.07 Å². The average molecular weight is 397 g/mol. The van der Waals surface area contributed by atoms with E-state index in [9.17, 15) is 14.0 Å². The van der Waals surface area contributed by atoms with Gasteiger partial charge in [-0.3, -0.25) is 9.59 Å². The summed E-state index contributed by atoms with van der Waals surface area (Å²) in [5.41, 5.74) is 1.39. The first-order chi connectivity index (χ1) is 13.4. The Kier molecular flexibility index (Phi) is 5.94. The Balaban J connectivity index is 2.24. The highest BCUT2D eigenvalue weighted by atomic mass is 32.2. The molecule has 1 heterocycles. The lowest BCUT2D eigenvalue weighted by molar-refractivity contribution is 0.101. The zero-order chi connectivity index (χ0) is 20.3. The van der Waals surface area contributed by atoms with Crippen molar-refractivity contribution in [3.8, 4) is 11.3 Å². The fraction of sp³-hybridized carbons (Fsp3) is 0.190. The Morgan fingerprint density at radius 3 is 2.50 bits per heavy atom. The van der Waals surface area contributed by atoms with Crippen molar-refractivity contribution in [2.75, 3.05) is 11.6 Å². The summed E-state index contributed by atoms with van der Waals surface area (Å²) in [5.74, 6) is -0.733. The number of aryl methyl sites for hydroxylation is 1. The summed E-state index contributed by atoms with van der Waals surface area (Å²) in [5, 5.41) is 7.35. The molecular formula is C21H20FN3O2S. The summed E-state index contributed by atoms with van der Waals surface area (Å²) in [7, 11) is 0. The number of aromatic nitrogens is 2. The molecule has 0 aliphatic rings. The van der Waals surface area contributed by atoms with E-state index in [4.69, 9.17) is 0 Å². The minimum absolute atomic E-state index is 0.0962. The molecule has 0 saturated heterocycles. The summed E-state index contributed by atoms with van der Waals surface area (Å²) in [6.07, 6.45) is 1.98. The summed E-state index contributed by atoms with van der Waals surface area (Å²) in [6, 6.07) is 13.4. The normalized spacial score (nSPS) is 10.7. The first kappa shape index (κ1) is 19.8. The Morgan fingerprint density at radius 1 is 1.21 bits per heavy atom. The zero-order valence-corrected chi connectivity index (χ0v) is 16.6. The molecule has 0 aliphatic heterocycles. The van der Waals surface area contributed by atoms with Gasteiger partial charge in [-0.15, -0.1) is 11.8 Å². The number of hydrogen-bond donors (Lipinski definition) is 1. The van der Waals surface area contributed by atoms with Gasteiger partial charge in [0.2, 0.25) is 0 Å². The van der Waals surface area contributed by atoms with Crippen LogP contribution in [0.2, 0.25) is 0 Å². The first-order valence-electron chi connectivity index (χ1n) is 8.77. The van der Waals surface area contributed by atoms with Gasteiger partial charge in [-0.2, -0.15) is 5.10 Å². The highest BCUT2D eigenvalue weighted by Crippen LogP contribution is 2.29. The highest BCUT2D eigenvalue weighted by Gasteiger charge is 2.22. The van der Waals surface area contributed by atoms with Crippen LogP contribution in [-0.4, -0.2) is 21.8 Å². The van der Waals surface area contributed by atoms with Crippen LogP contribution in [0, 0.1) is 5.82 Å². The van der Waals surface area contributed by atoms with Crippen LogP contribution in [0.25, 0.3) is 11.3 Å². The van der Waals surface area contributed by atoms with Gasteiger partial charge in [0.05, 0.1) is 5.56 Å². The lowest BCUT2D eigenvalue weighted by atomic mass is 10.0. The molecule has 2 aromatic carbocycles. The van der Waals surface area contributed by atoms with E-state index < -0.39 is 11.4 Å². The molecule has 5 nitrogen and oxygen atoms in total. The van der Waals surface area contributed by atoms with Gasteiger partial charge in [0.1, 0.15) is 17.2 Å². The van der Waals surface area contributed by atoms with E-state index in [1.807, 2.05) is 30.5 Å². The number of ketones is 1. The van der Waals surface area contributed by atoms with E-state index in [0.717, 1.165) is 10.5 Å². The molecule has 1 N–H and O–H groups in total. The lowest BCUT2D eigenvalue weighted by Gasteiger charge is -2.16. The molecule has 144 valence electrons. The molecule has 0 saturated carbocycles. The predicted molar refractivity (Wildman–Crippen MR) is 111 cm³/mol. The van der Waals surface area contributed by atoms with Crippen LogP contribution in [0.15, 0.2) is 58.2 Å². The van der Waals surface area contributed by atoms with Crippen LogP contribution in [0.3, 0.4) is 0 Å². The lowest BCUT2D eigenvalue weighted by Crippen LogP contribution is -2.28. The number of Topliss-reactive ketones (excluding diaryl/α,β-unsaturated/α-hetero) is 1. The van der Waals surface area contributed by atoms with Gasteiger partial charge < -0.3 is 5.32 Å².